The Kier molecular flexibility index (Phi) is 4.44. The molecule has 0 spiro atoms. The van der Waals surface area contributed by atoms with Crippen LogP contribution in [0.5, 0.6) is 0 Å². The zero-order valence-corrected chi connectivity index (χ0v) is 13.3. The zero-order valence-electron chi connectivity index (χ0n) is 12.5. The van der Waals surface area contributed by atoms with Gasteiger partial charge in [0, 0.05) is 45.2 Å². The molecule has 2 aromatic rings. The summed E-state index contributed by atoms with van der Waals surface area (Å²) in [6.45, 7) is 3.07. The van der Waals surface area contributed by atoms with Gasteiger partial charge in [-0.3, -0.25) is 9.59 Å². The molecule has 0 radical (unpaired) electrons. The number of thiophene rings is 1. The van der Waals surface area contributed by atoms with Crippen molar-refractivity contribution in [3.8, 4) is 0 Å². The van der Waals surface area contributed by atoms with Gasteiger partial charge in [0.05, 0.1) is 15.8 Å². The van der Waals surface area contributed by atoms with Crippen LogP contribution in [0.15, 0.2) is 22.8 Å². The highest BCUT2D eigenvalue weighted by molar-refractivity contribution is 7.20. The average Bonchev–Trinajstić information content (AvgIpc) is 3.13. The fraction of sp³-hybridized carbons (Fsp3) is 0.467. The summed E-state index contributed by atoms with van der Waals surface area (Å²) in [7, 11) is 1.83. The van der Waals surface area contributed by atoms with E-state index < -0.39 is 0 Å². The van der Waals surface area contributed by atoms with E-state index in [1.807, 2.05) is 22.9 Å². The Morgan fingerprint density at radius 1 is 1.27 bits per heavy atom. The fourth-order valence-corrected chi connectivity index (χ4v) is 3.53. The third-order valence-corrected chi connectivity index (χ3v) is 4.93. The van der Waals surface area contributed by atoms with E-state index in [0.717, 1.165) is 10.3 Å². The smallest absolute Gasteiger partial charge is 0.264 e. The monoisotopic (exact) mass is 321 g/mol. The highest BCUT2D eigenvalue weighted by Crippen LogP contribution is 2.27. The Bertz CT molecular complexity index is 642. The lowest BCUT2D eigenvalue weighted by Crippen LogP contribution is -2.50. The summed E-state index contributed by atoms with van der Waals surface area (Å²) in [4.78, 5) is 28.8. The summed E-state index contributed by atoms with van der Waals surface area (Å²) in [6, 6.07) is 3.67. The van der Waals surface area contributed by atoms with Crippen LogP contribution in [0, 0.1) is 0 Å². The third kappa shape index (κ3) is 3.00. The maximum Gasteiger partial charge on any atom is 0.264 e. The van der Waals surface area contributed by atoms with E-state index in [9.17, 15) is 9.59 Å². The van der Waals surface area contributed by atoms with Gasteiger partial charge in [0.25, 0.3) is 5.91 Å². The number of furan rings is 1. The number of carbonyl (C=O) groups excluding carboxylic acids is 2. The number of nitrogens with zero attached hydrogens (tertiary/aromatic N) is 2. The summed E-state index contributed by atoms with van der Waals surface area (Å²) in [5, 5.41) is 2.98. The molecule has 0 aromatic carbocycles. The maximum atomic E-state index is 12.5. The van der Waals surface area contributed by atoms with Crippen molar-refractivity contribution in [1.29, 1.82) is 0 Å². The molecule has 3 heterocycles. The second-order valence-corrected chi connectivity index (χ2v) is 6.37. The summed E-state index contributed by atoms with van der Waals surface area (Å²) in [6.07, 6.45) is 2.14. The van der Waals surface area contributed by atoms with Gasteiger partial charge >= 0.3 is 0 Å². The molecule has 22 heavy (non-hydrogen) atoms. The van der Waals surface area contributed by atoms with Crippen LogP contribution in [0.3, 0.4) is 0 Å². The van der Waals surface area contributed by atoms with E-state index in [2.05, 4.69) is 5.32 Å². The van der Waals surface area contributed by atoms with Crippen LogP contribution in [0.4, 0.5) is 0 Å². The Labute approximate surface area is 132 Å². The van der Waals surface area contributed by atoms with Gasteiger partial charge in [-0.2, -0.15) is 0 Å². The molecule has 3 rings (SSSR count). The van der Waals surface area contributed by atoms with E-state index in [0.29, 0.717) is 44.0 Å². The highest BCUT2D eigenvalue weighted by Gasteiger charge is 2.25. The first-order valence-electron chi connectivity index (χ1n) is 7.37. The summed E-state index contributed by atoms with van der Waals surface area (Å²) in [5.74, 6) is 0.175. The number of rotatable bonds is 4. The third-order valence-electron chi connectivity index (χ3n) is 3.86. The second kappa shape index (κ2) is 6.50. The molecule has 7 heteroatoms. The molecule has 1 N–H and O–H groups in total. The number of fused-ring (bicyclic) bond motifs is 1. The lowest BCUT2D eigenvalue weighted by molar-refractivity contribution is -0.132. The van der Waals surface area contributed by atoms with Crippen LogP contribution in [-0.4, -0.2) is 61.4 Å². The Balaban J connectivity index is 1.57. The average molecular weight is 321 g/mol. The first-order valence-corrected chi connectivity index (χ1v) is 8.19. The first kappa shape index (κ1) is 15.1. The quantitative estimate of drug-likeness (QED) is 0.924. The number of hydrogen-bond acceptors (Lipinski definition) is 5. The van der Waals surface area contributed by atoms with Gasteiger partial charge in [-0.05, 0) is 13.1 Å². The van der Waals surface area contributed by atoms with E-state index in [1.165, 1.54) is 11.3 Å². The lowest BCUT2D eigenvalue weighted by atomic mass is 10.2. The number of piperazine rings is 1. The molecule has 118 valence electrons. The Morgan fingerprint density at radius 2 is 2.00 bits per heavy atom. The highest BCUT2D eigenvalue weighted by atomic mass is 32.1. The lowest BCUT2D eigenvalue weighted by Gasteiger charge is -2.34. The molecule has 0 unspecified atom stereocenters. The Morgan fingerprint density at radius 3 is 2.68 bits per heavy atom. The fourth-order valence-electron chi connectivity index (χ4n) is 2.58. The van der Waals surface area contributed by atoms with Gasteiger partial charge < -0.3 is 19.5 Å². The summed E-state index contributed by atoms with van der Waals surface area (Å²) in [5.41, 5.74) is 0.759. The molecule has 2 amide bonds. The number of hydrogen-bond donors (Lipinski definition) is 1. The molecule has 0 saturated carbocycles. The van der Waals surface area contributed by atoms with Gasteiger partial charge in [-0.15, -0.1) is 11.3 Å². The molecule has 1 aliphatic heterocycles. The van der Waals surface area contributed by atoms with E-state index in [4.69, 9.17) is 4.42 Å². The summed E-state index contributed by atoms with van der Waals surface area (Å²) >= 11 is 1.45. The predicted octanol–water partition coefficient (Wildman–Crippen LogP) is 1.39. The Hall–Kier alpha value is -1.86. The van der Waals surface area contributed by atoms with E-state index in [-0.39, 0.29) is 11.8 Å². The van der Waals surface area contributed by atoms with Crippen molar-refractivity contribution >= 4 is 33.4 Å². The van der Waals surface area contributed by atoms with E-state index in [1.54, 1.807) is 12.3 Å². The number of carbonyl (C=O) groups is 2. The first-order chi connectivity index (χ1) is 10.7. The van der Waals surface area contributed by atoms with Crippen molar-refractivity contribution in [3.63, 3.8) is 0 Å². The van der Waals surface area contributed by atoms with Gasteiger partial charge in [-0.25, -0.2) is 0 Å². The molecule has 0 atom stereocenters. The largest absolute Gasteiger partial charge is 0.463 e. The minimum absolute atomic E-state index is 0.0266. The van der Waals surface area contributed by atoms with Gasteiger partial charge in [0.2, 0.25) is 5.91 Å². The van der Waals surface area contributed by atoms with Crippen molar-refractivity contribution in [2.75, 3.05) is 39.8 Å². The second-order valence-electron chi connectivity index (χ2n) is 5.29. The van der Waals surface area contributed by atoms with Gasteiger partial charge in [-0.1, -0.05) is 0 Å². The van der Waals surface area contributed by atoms with Crippen LogP contribution in [-0.2, 0) is 4.79 Å². The van der Waals surface area contributed by atoms with Gasteiger partial charge in [0.15, 0.2) is 0 Å². The SMILES string of the molecule is CNCCC(=O)N1CCN(C(=O)c2cc3occc3s2)CC1. The van der Waals surface area contributed by atoms with Gasteiger partial charge in [0.1, 0.15) is 5.58 Å². The minimum atomic E-state index is 0.0266. The van der Waals surface area contributed by atoms with Crippen LogP contribution < -0.4 is 5.32 Å². The van der Waals surface area contributed by atoms with Crippen molar-refractivity contribution in [2.24, 2.45) is 0 Å². The van der Waals surface area contributed by atoms with Crippen molar-refractivity contribution in [3.05, 3.63) is 23.3 Å². The molecule has 0 aliphatic carbocycles. The molecular formula is C15H19N3O3S. The van der Waals surface area contributed by atoms with Crippen molar-refractivity contribution < 1.29 is 14.0 Å². The van der Waals surface area contributed by atoms with E-state index >= 15 is 0 Å². The normalized spacial score (nSPS) is 15.5. The van der Waals surface area contributed by atoms with Crippen molar-refractivity contribution in [1.82, 2.24) is 15.1 Å². The van der Waals surface area contributed by atoms with Crippen LogP contribution in [0.2, 0.25) is 0 Å². The molecule has 0 bridgehead atoms. The predicted molar refractivity (Wildman–Crippen MR) is 85.1 cm³/mol. The van der Waals surface area contributed by atoms with Crippen molar-refractivity contribution in [2.45, 2.75) is 6.42 Å². The molecule has 2 aromatic heterocycles. The molecule has 1 aliphatic rings. The van der Waals surface area contributed by atoms with Crippen LogP contribution in [0.1, 0.15) is 16.1 Å². The summed E-state index contributed by atoms with van der Waals surface area (Å²) < 4.78 is 6.29. The molecule has 1 fully saturated rings. The van der Waals surface area contributed by atoms with Crippen LogP contribution in [0.25, 0.3) is 10.3 Å². The molecule has 1 saturated heterocycles. The number of nitrogens with one attached hydrogen (secondary N) is 1. The maximum absolute atomic E-state index is 12.5. The van der Waals surface area contributed by atoms with Crippen LogP contribution >= 0.6 is 11.3 Å². The number of amides is 2. The molecular weight excluding hydrogens is 302 g/mol. The zero-order chi connectivity index (χ0) is 15.5. The minimum Gasteiger partial charge on any atom is -0.463 e. The topological polar surface area (TPSA) is 65.8 Å². The molecule has 6 nitrogen and oxygen atoms in total. The standard InChI is InChI=1S/C15H19N3O3S/c1-16-4-2-14(19)17-5-7-18(8-6-17)15(20)13-10-11-12(22-13)3-9-21-11/h3,9-10,16H,2,4-8H2,1H3.